The van der Waals surface area contributed by atoms with E-state index in [0.29, 0.717) is 17.6 Å². The number of anilines is 1. The van der Waals surface area contributed by atoms with Gasteiger partial charge in [0.05, 0.1) is 5.69 Å². The van der Waals surface area contributed by atoms with Crippen LogP contribution in [0.15, 0.2) is 18.3 Å². The molecule has 0 spiro atoms. The topological polar surface area (TPSA) is 60.2 Å². The summed E-state index contributed by atoms with van der Waals surface area (Å²) in [5, 5.41) is 3.46. The maximum absolute atomic E-state index is 5.79. The van der Waals surface area contributed by atoms with Gasteiger partial charge in [0.25, 0.3) is 0 Å². The Hall–Kier alpha value is -1.29. The molecule has 1 aliphatic heterocycles. The predicted molar refractivity (Wildman–Crippen MR) is 64.4 cm³/mol. The molecule has 2 atom stereocenters. The molecule has 1 aliphatic rings. The summed E-state index contributed by atoms with van der Waals surface area (Å²) in [5.41, 5.74) is 6.39. The highest BCUT2D eigenvalue weighted by atomic mass is 16.5. The van der Waals surface area contributed by atoms with E-state index in [0.717, 1.165) is 13.0 Å². The first-order chi connectivity index (χ1) is 7.77. The van der Waals surface area contributed by atoms with E-state index in [1.807, 2.05) is 12.1 Å². The first-order valence-corrected chi connectivity index (χ1v) is 5.88. The van der Waals surface area contributed by atoms with Crippen LogP contribution in [0.2, 0.25) is 0 Å². The van der Waals surface area contributed by atoms with Crippen molar-refractivity contribution in [1.82, 2.24) is 10.3 Å². The van der Waals surface area contributed by atoms with Crippen LogP contribution in [0.25, 0.3) is 0 Å². The second-order valence-corrected chi connectivity index (χ2v) is 4.28. The zero-order valence-electron chi connectivity index (χ0n) is 9.65. The van der Waals surface area contributed by atoms with E-state index in [2.05, 4.69) is 17.2 Å². The Balaban J connectivity index is 1.96. The third-order valence-electron chi connectivity index (χ3n) is 3.01. The summed E-state index contributed by atoms with van der Waals surface area (Å²) in [6, 6.07) is 4.03. The first-order valence-electron chi connectivity index (χ1n) is 5.88. The van der Waals surface area contributed by atoms with Gasteiger partial charge in [-0.2, -0.15) is 0 Å². The van der Waals surface area contributed by atoms with Crippen LogP contribution in [0.5, 0.6) is 5.88 Å². The van der Waals surface area contributed by atoms with E-state index in [1.165, 1.54) is 12.8 Å². The molecule has 0 aromatic carbocycles. The van der Waals surface area contributed by atoms with Crippen molar-refractivity contribution in [3.63, 3.8) is 0 Å². The normalized spacial score (nSPS) is 22.7. The number of nitrogen functional groups attached to an aromatic ring is 1. The smallest absolute Gasteiger partial charge is 0.237 e. The molecule has 1 fully saturated rings. The lowest BCUT2D eigenvalue weighted by atomic mass is 10.0. The molecule has 0 radical (unpaired) electrons. The lowest BCUT2D eigenvalue weighted by molar-refractivity contribution is 0.148. The molecule has 0 saturated carbocycles. The average molecular weight is 221 g/mol. The number of piperidine rings is 1. The molecule has 2 heterocycles. The van der Waals surface area contributed by atoms with Crippen molar-refractivity contribution in [3.05, 3.63) is 18.3 Å². The van der Waals surface area contributed by atoms with Crippen LogP contribution in [0, 0.1) is 0 Å². The van der Waals surface area contributed by atoms with Crippen molar-refractivity contribution < 1.29 is 4.74 Å². The van der Waals surface area contributed by atoms with Gasteiger partial charge in [-0.25, -0.2) is 4.98 Å². The molecule has 0 amide bonds. The molecule has 0 aliphatic carbocycles. The Morgan fingerprint density at radius 2 is 2.44 bits per heavy atom. The van der Waals surface area contributed by atoms with Gasteiger partial charge in [-0.15, -0.1) is 0 Å². The van der Waals surface area contributed by atoms with Crippen molar-refractivity contribution in [2.45, 2.75) is 38.3 Å². The molecule has 2 rings (SSSR count). The Bertz CT molecular complexity index is 337. The van der Waals surface area contributed by atoms with E-state index in [1.54, 1.807) is 6.20 Å². The Morgan fingerprint density at radius 1 is 1.56 bits per heavy atom. The molecule has 4 nitrogen and oxygen atoms in total. The van der Waals surface area contributed by atoms with Crippen LogP contribution in [-0.2, 0) is 0 Å². The molecular weight excluding hydrogens is 202 g/mol. The Labute approximate surface area is 96.2 Å². The maximum Gasteiger partial charge on any atom is 0.237 e. The average Bonchev–Trinajstić information content (AvgIpc) is 2.33. The van der Waals surface area contributed by atoms with Crippen LogP contribution in [0.1, 0.15) is 26.2 Å². The second-order valence-electron chi connectivity index (χ2n) is 4.28. The minimum Gasteiger partial charge on any atom is -0.472 e. The van der Waals surface area contributed by atoms with Crippen molar-refractivity contribution in [2.24, 2.45) is 0 Å². The largest absolute Gasteiger partial charge is 0.472 e. The Kier molecular flexibility index (Phi) is 3.62. The van der Waals surface area contributed by atoms with E-state index in [9.17, 15) is 0 Å². The van der Waals surface area contributed by atoms with Gasteiger partial charge < -0.3 is 15.8 Å². The monoisotopic (exact) mass is 221 g/mol. The molecule has 3 N–H and O–H groups in total. The number of rotatable bonds is 3. The minimum absolute atomic E-state index is 0.109. The zero-order chi connectivity index (χ0) is 11.4. The summed E-state index contributed by atoms with van der Waals surface area (Å²) in [4.78, 5) is 4.14. The number of hydrogen-bond donors (Lipinski definition) is 2. The number of nitrogens with zero attached hydrogens (tertiary/aromatic N) is 1. The van der Waals surface area contributed by atoms with Crippen LogP contribution in [0.4, 0.5) is 5.69 Å². The van der Waals surface area contributed by atoms with E-state index in [4.69, 9.17) is 10.5 Å². The summed E-state index contributed by atoms with van der Waals surface area (Å²) >= 11 is 0. The highest BCUT2D eigenvalue weighted by molar-refractivity contribution is 5.46. The van der Waals surface area contributed by atoms with Crippen molar-refractivity contribution in [2.75, 3.05) is 12.3 Å². The second kappa shape index (κ2) is 5.16. The van der Waals surface area contributed by atoms with E-state index < -0.39 is 0 Å². The van der Waals surface area contributed by atoms with Gasteiger partial charge in [0.15, 0.2) is 0 Å². The first kappa shape index (κ1) is 11.2. The van der Waals surface area contributed by atoms with Gasteiger partial charge in [0.2, 0.25) is 5.88 Å². The number of nitrogens with one attached hydrogen (secondary N) is 1. The summed E-state index contributed by atoms with van der Waals surface area (Å²) in [7, 11) is 0. The predicted octanol–water partition coefficient (Wildman–Crippen LogP) is 1.57. The van der Waals surface area contributed by atoms with Gasteiger partial charge >= 0.3 is 0 Å². The third-order valence-corrected chi connectivity index (χ3v) is 3.01. The molecule has 4 heteroatoms. The summed E-state index contributed by atoms with van der Waals surface area (Å²) in [6.45, 7) is 3.15. The van der Waals surface area contributed by atoms with Crippen LogP contribution >= 0.6 is 0 Å². The molecule has 1 aromatic heterocycles. The van der Waals surface area contributed by atoms with Crippen LogP contribution in [-0.4, -0.2) is 23.7 Å². The van der Waals surface area contributed by atoms with Gasteiger partial charge in [0.1, 0.15) is 6.10 Å². The maximum atomic E-state index is 5.79. The number of ether oxygens (including phenoxy) is 1. The van der Waals surface area contributed by atoms with E-state index in [-0.39, 0.29) is 6.10 Å². The van der Waals surface area contributed by atoms with Crippen LogP contribution in [0.3, 0.4) is 0 Å². The van der Waals surface area contributed by atoms with Gasteiger partial charge in [-0.3, -0.25) is 0 Å². The van der Waals surface area contributed by atoms with Crippen LogP contribution < -0.4 is 15.8 Å². The highest BCUT2D eigenvalue weighted by Crippen LogP contribution is 2.20. The zero-order valence-corrected chi connectivity index (χ0v) is 9.65. The fraction of sp³-hybridized carbons (Fsp3) is 0.583. The van der Waals surface area contributed by atoms with Crippen molar-refractivity contribution in [3.8, 4) is 5.88 Å². The van der Waals surface area contributed by atoms with E-state index >= 15 is 0 Å². The fourth-order valence-corrected chi connectivity index (χ4v) is 2.04. The standard InChI is InChI=1S/C12H19N3O/c1-9(11-6-2-3-7-14-11)16-12-10(13)5-4-8-15-12/h4-5,8-9,11,14H,2-3,6-7,13H2,1H3. The molecule has 0 bridgehead atoms. The lowest BCUT2D eigenvalue weighted by Gasteiger charge is -2.29. The quantitative estimate of drug-likeness (QED) is 0.813. The summed E-state index contributed by atoms with van der Waals surface area (Å²) < 4.78 is 5.79. The lowest BCUT2D eigenvalue weighted by Crippen LogP contribution is -2.44. The van der Waals surface area contributed by atoms with Gasteiger partial charge in [-0.05, 0) is 38.4 Å². The van der Waals surface area contributed by atoms with Crippen molar-refractivity contribution >= 4 is 5.69 Å². The number of pyridine rings is 1. The summed E-state index contributed by atoms with van der Waals surface area (Å²) in [5.74, 6) is 0.544. The molecule has 2 unspecified atom stereocenters. The third kappa shape index (κ3) is 2.64. The Morgan fingerprint density at radius 3 is 3.12 bits per heavy atom. The number of hydrogen-bond acceptors (Lipinski definition) is 4. The number of aromatic nitrogens is 1. The SMILES string of the molecule is CC(Oc1ncccc1N)C1CCCCN1. The van der Waals surface area contributed by atoms with Gasteiger partial charge in [0, 0.05) is 12.2 Å². The number of nitrogens with two attached hydrogens (primary N) is 1. The fourth-order valence-electron chi connectivity index (χ4n) is 2.04. The molecular formula is C12H19N3O. The van der Waals surface area contributed by atoms with Gasteiger partial charge in [-0.1, -0.05) is 6.42 Å². The molecule has 16 heavy (non-hydrogen) atoms. The summed E-state index contributed by atoms with van der Waals surface area (Å²) in [6.07, 6.45) is 5.50. The molecule has 1 aromatic rings. The highest BCUT2D eigenvalue weighted by Gasteiger charge is 2.21. The molecule has 1 saturated heterocycles. The minimum atomic E-state index is 0.109. The molecule has 88 valence electrons. The van der Waals surface area contributed by atoms with Crippen molar-refractivity contribution in [1.29, 1.82) is 0 Å².